The molecule has 1 N–H and O–H groups in total. The third kappa shape index (κ3) is 3.70. The van der Waals surface area contributed by atoms with Crippen LogP contribution in [0, 0.1) is 0 Å². The molecule has 1 saturated heterocycles. The Morgan fingerprint density at radius 1 is 1.24 bits per heavy atom. The van der Waals surface area contributed by atoms with Crippen molar-refractivity contribution < 1.29 is 19.3 Å². The van der Waals surface area contributed by atoms with Crippen LogP contribution in [0.5, 0.6) is 5.75 Å². The summed E-state index contributed by atoms with van der Waals surface area (Å²) in [6.45, 7) is 1.37. The van der Waals surface area contributed by atoms with E-state index in [4.69, 9.17) is 19.3 Å². The monoisotopic (exact) mass is 238 g/mol. The normalized spacial score (nSPS) is 22.5. The lowest BCUT2D eigenvalue weighted by molar-refractivity contribution is 0.113. The highest BCUT2D eigenvalue weighted by Crippen LogP contribution is 2.24. The summed E-state index contributed by atoms with van der Waals surface area (Å²) < 4.78 is 15.8. The fraction of sp³-hybridized carbons (Fsp3) is 0.538. The van der Waals surface area contributed by atoms with Gasteiger partial charge in [-0.25, -0.2) is 0 Å². The van der Waals surface area contributed by atoms with Crippen LogP contribution in [0.3, 0.4) is 0 Å². The van der Waals surface area contributed by atoms with Gasteiger partial charge in [-0.05, 0) is 24.1 Å². The molecular formula is C13H18O4. The highest BCUT2D eigenvalue weighted by Gasteiger charge is 2.37. The Labute approximate surface area is 101 Å². The van der Waals surface area contributed by atoms with Gasteiger partial charge in [0.1, 0.15) is 11.9 Å². The number of rotatable bonds is 7. The van der Waals surface area contributed by atoms with Crippen molar-refractivity contribution in [3.8, 4) is 5.75 Å². The molecule has 1 aromatic carbocycles. The van der Waals surface area contributed by atoms with Crippen molar-refractivity contribution in [2.45, 2.75) is 25.2 Å². The lowest BCUT2D eigenvalue weighted by Gasteiger charge is -2.04. The van der Waals surface area contributed by atoms with E-state index in [2.05, 4.69) is 0 Å². The molecule has 4 nitrogen and oxygen atoms in total. The maximum Gasteiger partial charge on any atom is 0.118 e. The van der Waals surface area contributed by atoms with Gasteiger partial charge < -0.3 is 19.3 Å². The number of benzene rings is 1. The molecule has 0 saturated carbocycles. The maximum absolute atomic E-state index is 8.78. The molecule has 0 amide bonds. The second-order valence-electron chi connectivity index (χ2n) is 4.08. The lowest BCUT2D eigenvalue weighted by Crippen LogP contribution is -2.03. The quantitative estimate of drug-likeness (QED) is 0.575. The molecule has 1 aliphatic heterocycles. The molecule has 1 aliphatic rings. The van der Waals surface area contributed by atoms with Crippen molar-refractivity contribution in [2.24, 2.45) is 0 Å². The van der Waals surface area contributed by atoms with E-state index in [9.17, 15) is 0 Å². The van der Waals surface area contributed by atoms with Gasteiger partial charge in [0.25, 0.3) is 0 Å². The van der Waals surface area contributed by atoms with E-state index in [0.717, 1.165) is 17.7 Å². The highest BCUT2D eigenvalue weighted by atomic mass is 16.6. The number of aliphatic hydroxyl groups is 1. The van der Waals surface area contributed by atoms with E-state index in [1.165, 1.54) is 0 Å². The third-order valence-corrected chi connectivity index (χ3v) is 2.84. The largest absolute Gasteiger partial charge is 0.497 e. The molecule has 17 heavy (non-hydrogen) atoms. The number of ether oxygens (including phenoxy) is 3. The summed E-state index contributed by atoms with van der Waals surface area (Å²) in [5.74, 6) is 0.853. The fourth-order valence-electron chi connectivity index (χ4n) is 1.70. The van der Waals surface area contributed by atoms with Gasteiger partial charge in [-0.1, -0.05) is 12.1 Å². The second kappa shape index (κ2) is 6.00. The van der Waals surface area contributed by atoms with Crippen LogP contribution in [0.1, 0.15) is 12.0 Å². The van der Waals surface area contributed by atoms with Crippen molar-refractivity contribution in [3.63, 3.8) is 0 Å². The molecule has 0 aromatic heterocycles. The Kier molecular flexibility index (Phi) is 4.36. The summed E-state index contributed by atoms with van der Waals surface area (Å²) in [4.78, 5) is 0. The SMILES string of the molecule is COc1ccc(COCC[C@@H]2O[C@H]2CO)cc1. The molecule has 1 fully saturated rings. The van der Waals surface area contributed by atoms with Crippen molar-refractivity contribution in [2.75, 3.05) is 20.3 Å². The smallest absolute Gasteiger partial charge is 0.118 e. The summed E-state index contributed by atoms with van der Waals surface area (Å²) in [6, 6.07) is 7.82. The number of methoxy groups -OCH3 is 1. The molecule has 2 atom stereocenters. The summed E-state index contributed by atoms with van der Waals surface area (Å²) in [7, 11) is 1.65. The van der Waals surface area contributed by atoms with Crippen LogP contribution in [0.2, 0.25) is 0 Å². The molecular weight excluding hydrogens is 220 g/mol. The highest BCUT2D eigenvalue weighted by molar-refractivity contribution is 5.26. The van der Waals surface area contributed by atoms with Gasteiger partial charge in [0, 0.05) is 6.61 Å². The minimum absolute atomic E-state index is 0.0413. The number of aliphatic hydroxyl groups excluding tert-OH is 1. The van der Waals surface area contributed by atoms with Crippen molar-refractivity contribution in [1.29, 1.82) is 0 Å². The first-order valence-corrected chi connectivity index (χ1v) is 5.80. The van der Waals surface area contributed by atoms with E-state index in [0.29, 0.717) is 13.2 Å². The first kappa shape index (κ1) is 12.4. The molecule has 0 unspecified atom stereocenters. The topological polar surface area (TPSA) is 51.2 Å². The summed E-state index contributed by atoms with van der Waals surface area (Å²) in [5, 5.41) is 8.78. The standard InChI is InChI=1S/C13H18O4/c1-15-11-4-2-10(3-5-11)9-16-7-6-12-13(8-14)17-12/h2-5,12-14H,6-9H2,1H3/t12-,13-/m0/s1. The predicted octanol–water partition coefficient (Wildman–Crippen LogP) is 1.36. The molecule has 4 heteroatoms. The average Bonchev–Trinajstić information content (AvgIpc) is 3.14. The van der Waals surface area contributed by atoms with Crippen molar-refractivity contribution >= 4 is 0 Å². The molecule has 0 spiro atoms. The van der Waals surface area contributed by atoms with E-state index >= 15 is 0 Å². The third-order valence-electron chi connectivity index (χ3n) is 2.84. The Bertz CT molecular complexity index is 336. The molecule has 0 radical (unpaired) electrons. The predicted molar refractivity (Wildman–Crippen MR) is 63.0 cm³/mol. The average molecular weight is 238 g/mol. The van der Waals surface area contributed by atoms with Crippen LogP contribution in [-0.2, 0) is 16.1 Å². The van der Waals surface area contributed by atoms with E-state index in [1.54, 1.807) is 7.11 Å². The zero-order valence-electron chi connectivity index (χ0n) is 9.96. The van der Waals surface area contributed by atoms with Gasteiger partial charge in [-0.3, -0.25) is 0 Å². The second-order valence-corrected chi connectivity index (χ2v) is 4.08. The minimum Gasteiger partial charge on any atom is -0.497 e. The number of hydrogen-bond acceptors (Lipinski definition) is 4. The maximum atomic E-state index is 8.78. The fourth-order valence-corrected chi connectivity index (χ4v) is 1.70. The Morgan fingerprint density at radius 2 is 2.00 bits per heavy atom. The zero-order chi connectivity index (χ0) is 12.1. The van der Waals surface area contributed by atoms with Gasteiger partial charge in [0.05, 0.1) is 26.4 Å². The Balaban J connectivity index is 1.61. The van der Waals surface area contributed by atoms with Gasteiger partial charge in [0.15, 0.2) is 0 Å². The molecule has 1 heterocycles. The van der Waals surface area contributed by atoms with Crippen LogP contribution in [0.4, 0.5) is 0 Å². The van der Waals surface area contributed by atoms with Crippen LogP contribution in [0.25, 0.3) is 0 Å². The molecule has 94 valence electrons. The summed E-state index contributed by atoms with van der Waals surface area (Å²) in [5.41, 5.74) is 1.13. The van der Waals surface area contributed by atoms with Gasteiger partial charge in [-0.2, -0.15) is 0 Å². The minimum atomic E-state index is 0.0413. The van der Waals surface area contributed by atoms with Gasteiger partial charge in [-0.15, -0.1) is 0 Å². The van der Waals surface area contributed by atoms with Crippen molar-refractivity contribution in [3.05, 3.63) is 29.8 Å². The molecule has 2 rings (SSSR count). The summed E-state index contributed by atoms with van der Waals surface area (Å²) in [6.07, 6.45) is 1.08. The van der Waals surface area contributed by atoms with Crippen molar-refractivity contribution in [1.82, 2.24) is 0 Å². The number of epoxide rings is 1. The van der Waals surface area contributed by atoms with Crippen LogP contribution >= 0.6 is 0 Å². The van der Waals surface area contributed by atoms with Gasteiger partial charge >= 0.3 is 0 Å². The first-order valence-electron chi connectivity index (χ1n) is 5.80. The Morgan fingerprint density at radius 3 is 2.59 bits per heavy atom. The molecule has 1 aromatic rings. The molecule has 0 aliphatic carbocycles. The van der Waals surface area contributed by atoms with Gasteiger partial charge in [0.2, 0.25) is 0 Å². The summed E-state index contributed by atoms with van der Waals surface area (Å²) >= 11 is 0. The van der Waals surface area contributed by atoms with Crippen LogP contribution in [0.15, 0.2) is 24.3 Å². The zero-order valence-corrected chi connectivity index (χ0v) is 9.96. The van der Waals surface area contributed by atoms with E-state index in [-0.39, 0.29) is 18.8 Å². The lowest BCUT2D eigenvalue weighted by atomic mass is 10.2. The van der Waals surface area contributed by atoms with E-state index in [1.807, 2.05) is 24.3 Å². The van der Waals surface area contributed by atoms with E-state index < -0.39 is 0 Å². The van der Waals surface area contributed by atoms with Crippen LogP contribution in [-0.4, -0.2) is 37.6 Å². The van der Waals surface area contributed by atoms with Crippen LogP contribution < -0.4 is 4.74 Å². The first-order chi connectivity index (χ1) is 8.33. The number of hydrogen-bond donors (Lipinski definition) is 1. The molecule has 0 bridgehead atoms. The Hall–Kier alpha value is -1.10.